The van der Waals surface area contributed by atoms with Crippen LogP contribution >= 0.6 is 11.3 Å². The lowest BCUT2D eigenvalue weighted by Gasteiger charge is -2.12. The highest BCUT2D eigenvalue weighted by Gasteiger charge is 2.34. The molecule has 10 nitrogen and oxygen atoms in total. The first-order valence-corrected chi connectivity index (χ1v) is 10.4. The van der Waals surface area contributed by atoms with Crippen LogP contribution in [-0.4, -0.2) is 43.9 Å². The molecule has 0 fully saturated rings. The van der Waals surface area contributed by atoms with Crippen molar-refractivity contribution in [3.05, 3.63) is 52.3 Å². The molecule has 4 heterocycles. The van der Waals surface area contributed by atoms with Crippen molar-refractivity contribution in [2.75, 3.05) is 11.9 Å². The van der Waals surface area contributed by atoms with E-state index in [2.05, 4.69) is 30.5 Å². The molecule has 0 bridgehead atoms. The van der Waals surface area contributed by atoms with Crippen LogP contribution in [0.4, 0.5) is 37.0 Å². The van der Waals surface area contributed by atoms with Crippen molar-refractivity contribution in [1.82, 2.24) is 30.5 Å². The van der Waals surface area contributed by atoms with E-state index >= 15 is 0 Å². The molecule has 0 saturated heterocycles. The van der Waals surface area contributed by atoms with Crippen molar-refractivity contribution < 1.29 is 35.6 Å². The number of carbonyl (C=O) groups is 1. The number of alkyl halides is 6. The summed E-state index contributed by atoms with van der Waals surface area (Å²) in [6.45, 7) is -1.60. The number of nitrogens with one attached hydrogen (secondary N) is 3. The van der Waals surface area contributed by atoms with Crippen LogP contribution in [0.2, 0.25) is 0 Å². The number of urea groups is 1. The van der Waals surface area contributed by atoms with Gasteiger partial charge in [0.25, 0.3) is 5.89 Å². The van der Waals surface area contributed by atoms with Crippen LogP contribution < -0.4 is 16.4 Å². The third-order valence-corrected chi connectivity index (χ3v) is 5.23. The molecule has 2 amide bonds. The highest BCUT2D eigenvalue weighted by Crippen LogP contribution is 2.38. The number of amides is 2. The number of rotatable bonds is 5. The second-order valence-electron chi connectivity index (χ2n) is 6.95. The summed E-state index contributed by atoms with van der Waals surface area (Å²) in [4.78, 5) is 34.7. The van der Waals surface area contributed by atoms with Gasteiger partial charge in [0.05, 0.1) is 5.56 Å². The number of hydrogen-bond donors (Lipinski definition) is 3. The SMILES string of the molecule is O=C(NCC(F)(F)F)Nc1cc(-c2nc(C(F)(F)F)cs2)c(-c2cncc(-c3n[nH]c(=O)o3)c2)cn1. The van der Waals surface area contributed by atoms with E-state index in [-0.39, 0.29) is 33.4 Å². The molecule has 0 atom stereocenters. The predicted molar refractivity (Wildman–Crippen MR) is 113 cm³/mol. The number of H-pyrrole nitrogens is 1. The van der Waals surface area contributed by atoms with E-state index in [4.69, 9.17) is 4.42 Å². The zero-order valence-corrected chi connectivity index (χ0v) is 18.2. The lowest BCUT2D eigenvalue weighted by molar-refractivity contribution is -0.140. The Balaban J connectivity index is 1.74. The van der Waals surface area contributed by atoms with Gasteiger partial charge in [-0.15, -0.1) is 16.4 Å². The van der Waals surface area contributed by atoms with E-state index in [1.165, 1.54) is 24.7 Å². The fourth-order valence-corrected chi connectivity index (χ4v) is 3.71. The van der Waals surface area contributed by atoms with Crippen LogP contribution in [0.15, 0.2) is 45.3 Å². The summed E-state index contributed by atoms with van der Waals surface area (Å²) in [5, 5.41) is 10.1. The number of halogens is 6. The minimum absolute atomic E-state index is 0.0686. The van der Waals surface area contributed by atoms with Crippen LogP contribution in [0, 0.1) is 0 Å². The lowest BCUT2D eigenvalue weighted by atomic mass is 10.0. The Morgan fingerprint density at radius 2 is 1.81 bits per heavy atom. The zero-order valence-electron chi connectivity index (χ0n) is 17.4. The number of aromatic amines is 1. The van der Waals surface area contributed by atoms with Gasteiger partial charge in [-0.1, -0.05) is 0 Å². The summed E-state index contributed by atoms with van der Waals surface area (Å²) >= 11 is 0.650. The Kier molecular flexibility index (Phi) is 6.49. The molecule has 0 aliphatic heterocycles. The summed E-state index contributed by atoms with van der Waals surface area (Å²) in [5.74, 6) is -1.17. The van der Waals surface area contributed by atoms with Crippen molar-refractivity contribution >= 4 is 23.2 Å². The number of aromatic nitrogens is 5. The van der Waals surface area contributed by atoms with Crippen molar-refractivity contribution in [3.8, 4) is 33.2 Å². The number of anilines is 1. The average Bonchev–Trinajstić information content (AvgIpc) is 3.47. The molecule has 0 radical (unpaired) electrons. The minimum atomic E-state index is -4.72. The van der Waals surface area contributed by atoms with E-state index in [1.54, 1.807) is 5.32 Å². The molecule has 4 aromatic heterocycles. The molecule has 0 spiro atoms. The first kappa shape index (κ1) is 24.8. The van der Waals surface area contributed by atoms with Gasteiger partial charge >= 0.3 is 24.1 Å². The van der Waals surface area contributed by atoms with Crippen molar-refractivity contribution in [1.29, 1.82) is 0 Å². The average molecular weight is 531 g/mol. The van der Waals surface area contributed by atoms with Crippen LogP contribution in [0.5, 0.6) is 0 Å². The second kappa shape index (κ2) is 9.40. The number of nitrogens with zero attached hydrogens (tertiary/aromatic N) is 4. The largest absolute Gasteiger partial charge is 0.434 e. The quantitative estimate of drug-likeness (QED) is 0.326. The second-order valence-corrected chi connectivity index (χ2v) is 7.81. The minimum Gasteiger partial charge on any atom is -0.388 e. The first-order chi connectivity index (χ1) is 16.9. The fourth-order valence-electron chi connectivity index (χ4n) is 2.86. The monoisotopic (exact) mass is 531 g/mol. The Hall–Kier alpha value is -4.28. The van der Waals surface area contributed by atoms with E-state index in [0.717, 1.165) is 11.4 Å². The molecular weight excluding hydrogens is 520 g/mol. The van der Waals surface area contributed by atoms with E-state index in [0.29, 0.717) is 16.9 Å². The molecular formula is C19H11F6N7O3S. The van der Waals surface area contributed by atoms with E-state index in [9.17, 15) is 35.9 Å². The van der Waals surface area contributed by atoms with Gasteiger partial charge in [0.2, 0.25) is 0 Å². The molecule has 0 aliphatic rings. The highest BCUT2D eigenvalue weighted by atomic mass is 32.1. The summed E-state index contributed by atoms with van der Waals surface area (Å²) in [7, 11) is 0. The number of carbonyl (C=O) groups excluding carboxylic acids is 1. The van der Waals surface area contributed by atoms with E-state index < -0.39 is 36.4 Å². The number of pyridine rings is 2. The number of thiazole rings is 1. The molecule has 188 valence electrons. The van der Waals surface area contributed by atoms with Crippen LogP contribution in [0.25, 0.3) is 33.2 Å². The van der Waals surface area contributed by atoms with Crippen molar-refractivity contribution in [2.45, 2.75) is 12.4 Å². The van der Waals surface area contributed by atoms with Gasteiger partial charge in [0.15, 0.2) is 5.69 Å². The Morgan fingerprint density at radius 3 is 2.44 bits per heavy atom. The molecule has 4 aromatic rings. The Bertz CT molecular complexity index is 1460. The fraction of sp³-hybridized carbons (Fsp3) is 0.158. The molecule has 0 unspecified atom stereocenters. The van der Waals surface area contributed by atoms with Gasteiger partial charge in [0.1, 0.15) is 17.4 Å². The molecule has 0 saturated carbocycles. The van der Waals surface area contributed by atoms with Crippen molar-refractivity contribution in [2.24, 2.45) is 0 Å². The first-order valence-electron chi connectivity index (χ1n) is 9.55. The maximum absolute atomic E-state index is 13.1. The van der Waals surface area contributed by atoms with Crippen LogP contribution in [0.3, 0.4) is 0 Å². The summed E-state index contributed by atoms with van der Waals surface area (Å²) in [6.07, 6.45) is -5.54. The Labute approximate surface area is 199 Å². The molecule has 17 heteroatoms. The molecule has 36 heavy (non-hydrogen) atoms. The van der Waals surface area contributed by atoms with Crippen molar-refractivity contribution in [3.63, 3.8) is 0 Å². The topological polar surface area (TPSA) is 139 Å². The smallest absolute Gasteiger partial charge is 0.388 e. The predicted octanol–water partition coefficient (Wildman–Crippen LogP) is 4.31. The van der Waals surface area contributed by atoms with Gasteiger partial charge in [0, 0.05) is 40.7 Å². The molecule has 0 aromatic carbocycles. The van der Waals surface area contributed by atoms with Gasteiger partial charge in [-0.25, -0.2) is 24.7 Å². The van der Waals surface area contributed by atoms with Gasteiger partial charge in [-0.05, 0) is 12.1 Å². The molecule has 4 rings (SSSR count). The van der Waals surface area contributed by atoms with Gasteiger partial charge in [-0.2, -0.15) is 26.3 Å². The third kappa shape index (κ3) is 5.85. The third-order valence-electron chi connectivity index (χ3n) is 4.35. The van der Waals surface area contributed by atoms with Gasteiger partial charge in [-0.3, -0.25) is 10.3 Å². The normalized spacial score (nSPS) is 11.9. The van der Waals surface area contributed by atoms with Gasteiger partial charge < -0.3 is 9.73 Å². The molecule has 0 aliphatic carbocycles. The maximum Gasteiger partial charge on any atom is 0.434 e. The van der Waals surface area contributed by atoms with Crippen LogP contribution in [0.1, 0.15) is 5.69 Å². The summed E-state index contributed by atoms with van der Waals surface area (Å²) < 4.78 is 81.3. The lowest BCUT2D eigenvalue weighted by Crippen LogP contribution is -2.36. The summed E-state index contributed by atoms with van der Waals surface area (Å²) in [5.41, 5.74) is -0.323. The number of hydrogen-bond acceptors (Lipinski definition) is 8. The molecule has 3 N–H and O–H groups in total. The maximum atomic E-state index is 13.1. The standard InChI is InChI=1S/C19H11F6N7O3S/c20-18(21,22)7-28-16(33)30-13-2-10(15-29-12(6-36-15)19(23,24)25)11(5-27-13)8-1-9(4-26-3-8)14-31-32-17(34)35-14/h1-6H,7H2,(H,32,34)(H2,27,28,30,33). The zero-order chi connectivity index (χ0) is 26.1. The van der Waals surface area contributed by atoms with E-state index in [1.807, 2.05) is 0 Å². The Morgan fingerprint density at radius 1 is 1.06 bits per heavy atom. The van der Waals surface area contributed by atoms with Crippen LogP contribution in [-0.2, 0) is 6.18 Å². The summed E-state index contributed by atoms with van der Waals surface area (Å²) in [6, 6.07) is 1.39. The highest BCUT2D eigenvalue weighted by molar-refractivity contribution is 7.13.